The Morgan fingerprint density at radius 1 is 1.28 bits per heavy atom. The Hall–Kier alpha value is -1.16. The van der Waals surface area contributed by atoms with Gasteiger partial charge >= 0.3 is 0 Å². The lowest BCUT2D eigenvalue weighted by molar-refractivity contribution is 0.316. The normalized spacial score (nSPS) is 14.8. The first kappa shape index (κ1) is 13.3. The van der Waals surface area contributed by atoms with E-state index in [0.29, 0.717) is 12.3 Å². The van der Waals surface area contributed by atoms with Crippen LogP contribution in [0.4, 0.5) is 0 Å². The van der Waals surface area contributed by atoms with Gasteiger partial charge in [0.2, 0.25) is 0 Å². The van der Waals surface area contributed by atoms with Gasteiger partial charge in [0.05, 0.1) is 0 Å². The summed E-state index contributed by atoms with van der Waals surface area (Å²) in [4.78, 5) is 1.37. The maximum Gasteiger partial charge on any atom is 0.139 e. The number of oxime groups is 1. The van der Waals surface area contributed by atoms with Crippen LogP contribution in [0.25, 0.3) is 0 Å². The van der Waals surface area contributed by atoms with E-state index in [1.807, 2.05) is 11.8 Å². The van der Waals surface area contributed by atoms with Crippen molar-refractivity contribution in [2.24, 2.45) is 10.9 Å². The predicted octanol–water partition coefficient (Wildman–Crippen LogP) is 3.18. The molecular weight excluding hydrogens is 244 g/mol. The van der Waals surface area contributed by atoms with Crippen LogP contribution < -0.4 is 5.73 Å². The summed E-state index contributed by atoms with van der Waals surface area (Å²) >= 11 is 1.90. The van der Waals surface area contributed by atoms with E-state index in [9.17, 15) is 0 Å². The largest absolute Gasteiger partial charge is 0.409 e. The van der Waals surface area contributed by atoms with Crippen LogP contribution in [0.5, 0.6) is 0 Å². The second-order valence-corrected chi connectivity index (χ2v) is 5.85. The molecule has 0 bridgehead atoms. The Kier molecular flexibility index (Phi) is 4.93. The second kappa shape index (κ2) is 6.69. The summed E-state index contributed by atoms with van der Waals surface area (Å²) < 4.78 is 0. The molecule has 0 atom stereocenters. The number of amidine groups is 1. The van der Waals surface area contributed by atoms with Gasteiger partial charge in [-0.1, -0.05) is 11.2 Å². The van der Waals surface area contributed by atoms with Gasteiger partial charge in [0, 0.05) is 11.3 Å². The molecule has 0 fully saturated rings. The number of hydrogen-bond donors (Lipinski definition) is 2. The number of benzene rings is 1. The molecule has 1 aromatic rings. The molecular formula is C14H20N2OS. The minimum Gasteiger partial charge on any atom is -0.409 e. The van der Waals surface area contributed by atoms with Gasteiger partial charge in [0.1, 0.15) is 5.84 Å². The summed E-state index contributed by atoms with van der Waals surface area (Å²) in [5.41, 5.74) is 8.49. The fourth-order valence-electron chi connectivity index (χ4n) is 2.29. The lowest BCUT2D eigenvalue weighted by atomic mass is 10.1. The fourth-order valence-corrected chi connectivity index (χ4v) is 3.26. The first-order valence-electron chi connectivity index (χ1n) is 6.50. The van der Waals surface area contributed by atoms with Crippen LogP contribution in [-0.2, 0) is 12.8 Å². The molecule has 0 aliphatic heterocycles. The zero-order valence-electron chi connectivity index (χ0n) is 10.6. The number of rotatable bonds is 6. The molecule has 2 rings (SSSR count). The summed E-state index contributed by atoms with van der Waals surface area (Å²) in [6.07, 6.45) is 6.56. The number of fused-ring (bicyclic) bond motifs is 1. The van der Waals surface area contributed by atoms with E-state index in [4.69, 9.17) is 10.9 Å². The fraction of sp³-hybridized carbons (Fsp3) is 0.500. The van der Waals surface area contributed by atoms with Gasteiger partial charge in [-0.3, -0.25) is 0 Å². The molecule has 4 heteroatoms. The Labute approximate surface area is 112 Å². The quantitative estimate of drug-likeness (QED) is 0.207. The van der Waals surface area contributed by atoms with E-state index in [1.165, 1.54) is 35.3 Å². The first-order chi connectivity index (χ1) is 8.79. The van der Waals surface area contributed by atoms with Crippen LogP contribution in [-0.4, -0.2) is 16.8 Å². The van der Waals surface area contributed by atoms with E-state index in [1.54, 1.807) is 0 Å². The summed E-state index contributed by atoms with van der Waals surface area (Å²) in [5, 5.41) is 11.4. The summed E-state index contributed by atoms with van der Waals surface area (Å²) in [5.74, 6) is 1.43. The zero-order chi connectivity index (χ0) is 12.8. The van der Waals surface area contributed by atoms with Crippen molar-refractivity contribution in [3.63, 3.8) is 0 Å². The number of thioether (sulfide) groups is 1. The number of hydrogen-bond acceptors (Lipinski definition) is 3. The molecule has 0 saturated carbocycles. The lowest BCUT2D eigenvalue weighted by Crippen LogP contribution is -2.10. The molecule has 0 amide bonds. The number of aryl methyl sites for hydroxylation is 2. The van der Waals surface area contributed by atoms with Crippen LogP contribution in [0.3, 0.4) is 0 Å². The van der Waals surface area contributed by atoms with Crippen LogP contribution in [0, 0.1) is 0 Å². The Bertz CT molecular complexity index is 432. The molecule has 3 N–H and O–H groups in total. The SMILES string of the molecule is NC(CCCCSc1ccc2c(c1)CCC2)=NO. The van der Waals surface area contributed by atoms with Crippen molar-refractivity contribution < 1.29 is 5.21 Å². The third-order valence-electron chi connectivity index (χ3n) is 3.29. The Morgan fingerprint density at radius 2 is 2.11 bits per heavy atom. The van der Waals surface area contributed by atoms with Crippen molar-refractivity contribution in [1.82, 2.24) is 0 Å². The summed E-state index contributed by atoms with van der Waals surface area (Å²) in [6.45, 7) is 0. The van der Waals surface area contributed by atoms with Gasteiger partial charge < -0.3 is 10.9 Å². The molecule has 3 nitrogen and oxygen atoms in total. The van der Waals surface area contributed by atoms with E-state index < -0.39 is 0 Å². The van der Waals surface area contributed by atoms with E-state index in [-0.39, 0.29) is 0 Å². The standard InChI is InChI=1S/C14H20N2OS/c15-14(16-17)6-1-2-9-18-13-8-7-11-4-3-5-12(11)10-13/h7-8,10,17H,1-6,9H2,(H2,15,16). The highest BCUT2D eigenvalue weighted by molar-refractivity contribution is 7.99. The molecule has 0 saturated heterocycles. The molecule has 0 unspecified atom stereocenters. The molecule has 0 heterocycles. The van der Waals surface area contributed by atoms with Crippen LogP contribution in [0.2, 0.25) is 0 Å². The average Bonchev–Trinajstić information content (AvgIpc) is 2.85. The third kappa shape index (κ3) is 3.67. The monoisotopic (exact) mass is 264 g/mol. The van der Waals surface area contributed by atoms with Gasteiger partial charge in [-0.25, -0.2) is 0 Å². The first-order valence-corrected chi connectivity index (χ1v) is 7.49. The molecule has 0 radical (unpaired) electrons. The zero-order valence-corrected chi connectivity index (χ0v) is 11.4. The Balaban J connectivity index is 1.71. The van der Waals surface area contributed by atoms with Gasteiger partial charge in [0.15, 0.2) is 0 Å². The third-order valence-corrected chi connectivity index (χ3v) is 4.37. The van der Waals surface area contributed by atoms with Crippen molar-refractivity contribution in [3.05, 3.63) is 29.3 Å². The molecule has 18 heavy (non-hydrogen) atoms. The second-order valence-electron chi connectivity index (χ2n) is 4.68. The minimum atomic E-state index is 0.331. The van der Waals surface area contributed by atoms with Gasteiger partial charge in [-0.2, -0.15) is 0 Å². The number of nitrogens with two attached hydrogens (primary N) is 1. The molecule has 0 aromatic heterocycles. The maximum atomic E-state index is 8.42. The van der Waals surface area contributed by atoms with Crippen molar-refractivity contribution in [2.45, 2.75) is 43.4 Å². The van der Waals surface area contributed by atoms with Crippen molar-refractivity contribution in [2.75, 3.05) is 5.75 Å². The molecule has 98 valence electrons. The van der Waals surface area contributed by atoms with Gasteiger partial charge in [-0.15, -0.1) is 11.8 Å². The maximum absolute atomic E-state index is 8.42. The molecule has 0 spiro atoms. The topological polar surface area (TPSA) is 58.6 Å². The van der Waals surface area contributed by atoms with Gasteiger partial charge in [0.25, 0.3) is 0 Å². The molecule has 1 aliphatic rings. The minimum absolute atomic E-state index is 0.331. The van der Waals surface area contributed by atoms with Crippen molar-refractivity contribution in [3.8, 4) is 0 Å². The van der Waals surface area contributed by atoms with E-state index >= 15 is 0 Å². The summed E-state index contributed by atoms with van der Waals surface area (Å²) in [7, 11) is 0. The molecule has 1 aliphatic carbocycles. The lowest BCUT2D eigenvalue weighted by Gasteiger charge is -2.04. The molecule has 1 aromatic carbocycles. The van der Waals surface area contributed by atoms with E-state index in [2.05, 4.69) is 23.4 Å². The van der Waals surface area contributed by atoms with Crippen LogP contribution in [0.1, 0.15) is 36.8 Å². The van der Waals surface area contributed by atoms with E-state index in [0.717, 1.165) is 18.6 Å². The summed E-state index contributed by atoms with van der Waals surface area (Å²) in [6, 6.07) is 6.86. The van der Waals surface area contributed by atoms with Crippen molar-refractivity contribution >= 4 is 17.6 Å². The van der Waals surface area contributed by atoms with Gasteiger partial charge in [-0.05, 0) is 61.1 Å². The highest BCUT2D eigenvalue weighted by Gasteiger charge is 2.10. The smallest absolute Gasteiger partial charge is 0.139 e. The average molecular weight is 264 g/mol. The number of unbranched alkanes of at least 4 members (excludes halogenated alkanes) is 1. The highest BCUT2D eigenvalue weighted by atomic mass is 32.2. The Morgan fingerprint density at radius 3 is 2.94 bits per heavy atom. The highest BCUT2D eigenvalue weighted by Crippen LogP contribution is 2.28. The van der Waals surface area contributed by atoms with Crippen molar-refractivity contribution in [1.29, 1.82) is 0 Å². The predicted molar refractivity (Wildman–Crippen MR) is 76.5 cm³/mol. The van der Waals surface area contributed by atoms with Crippen LogP contribution in [0.15, 0.2) is 28.3 Å². The van der Waals surface area contributed by atoms with Crippen LogP contribution >= 0.6 is 11.8 Å². The number of nitrogens with zero attached hydrogens (tertiary/aromatic N) is 1.